The monoisotopic (exact) mass is 1970 g/mol. The molecule has 144 heavy (non-hydrogen) atoms. The van der Waals surface area contributed by atoms with E-state index in [2.05, 4.69) is 75.7 Å². The van der Waals surface area contributed by atoms with Crippen molar-refractivity contribution in [2.75, 3.05) is 10.6 Å². The number of aryl methyl sites for hydroxylation is 1. The molecule has 746 valence electrons. The van der Waals surface area contributed by atoms with E-state index in [0.717, 1.165) is 53.5 Å². The summed E-state index contributed by atoms with van der Waals surface area (Å²) in [6.45, 7) is 7.76. The number of aromatic nitrogens is 6. The quantitative estimate of drug-likeness (QED) is 0.0213. The van der Waals surface area contributed by atoms with Gasteiger partial charge in [-0.3, -0.25) is 28.8 Å². The van der Waals surface area contributed by atoms with Gasteiger partial charge in [-0.15, -0.1) is 0 Å². The number of hydrogen-bond donors (Lipinski definition) is 6. The number of carbonyl (C=O) groups is 6. The van der Waals surface area contributed by atoms with Gasteiger partial charge in [0.05, 0.1) is 44.8 Å². The van der Waals surface area contributed by atoms with Crippen molar-refractivity contribution in [3.63, 3.8) is 0 Å². The van der Waals surface area contributed by atoms with E-state index in [9.17, 15) is 50.7 Å². The lowest BCUT2D eigenvalue weighted by molar-refractivity contribution is 0.0912. The Morgan fingerprint density at radius 2 is 0.653 bits per heavy atom. The molecule has 6 N–H and O–H groups in total. The number of thiophene rings is 1. The Bertz CT molecular complexity index is 6360. The largest absolute Gasteiger partial charge is 0.473 e. The van der Waals surface area contributed by atoms with Crippen molar-refractivity contribution >= 4 is 58.2 Å². The van der Waals surface area contributed by atoms with Crippen LogP contribution in [0.1, 0.15) is 224 Å². The average Bonchev–Trinajstić information content (AvgIpc) is 1.69. The van der Waals surface area contributed by atoms with Gasteiger partial charge < -0.3 is 60.3 Å². The average molecular weight is 1970 g/mol. The predicted octanol–water partition coefficient (Wildman–Crippen LogP) is 23.9. The summed E-state index contributed by atoms with van der Waals surface area (Å²) in [4.78, 5) is 98.0. The van der Waals surface area contributed by atoms with Crippen LogP contribution in [-0.4, -0.2) is 89.5 Å². The lowest BCUT2D eigenvalue weighted by atomic mass is 9.84. The zero-order chi connectivity index (χ0) is 101. The van der Waals surface area contributed by atoms with E-state index >= 15 is 0 Å². The van der Waals surface area contributed by atoms with E-state index in [4.69, 9.17) is 28.4 Å². The van der Waals surface area contributed by atoms with Crippen molar-refractivity contribution in [3.8, 4) is 35.3 Å². The Labute approximate surface area is 839 Å². The number of pyridine rings is 6. The van der Waals surface area contributed by atoms with Gasteiger partial charge in [0.2, 0.25) is 35.3 Å². The van der Waals surface area contributed by atoms with Crippen LogP contribution in [0.25, 0.3) is 0 Å². The Balaban J connectivity index is 0.000000145. The number of ether oxygens (including phenoxy) is 6. The zero-order valence-corrected chi connectivity index (χ0v) is 81.3. The summed E-state index contributed by atoms with van der Waals surface area (Å²) in [6.07, 6.45) is 29.2. The molecule has 0 bridgehead atoms. The molecule has 4 aliphatic rings. The van der Waals surface area contributed by atoms with Gasteiger partial charge in [-0.25, -0.2) is 51.9 Å². The molecular formula is C114H117F5N12O12S. The van der Waals surface area contributed by atoms with Gasteiger partial charge in [-0.05, 0) is 220 Å². The molecule has 4 fully saturated rings. The summed E-state index contributed by atoms with van der Waals surface area (Å²) in [5.74, 6) is 0.543. The van der Waals surface area contributed by atoms with E-state index in [0.29, 0.717) is 107 Å². The summed E-state index contributed by atoms with van der Waals surface area (Å²) in [5, 5.41) is 21.3. The number of anilines is 2. The van der Waals surface area contributed by atoms with Crippen LogP contribution < -0.4 is 60.3 Å². The third-order valence-electron chi connectivity index (χ3n) is 24.1. The highest BCUT2D eigenvalue weighted by atomic mass is 32.1. The first kappa shape index (κ1) is 106. The lowest BCUT2D eigenvalue weighted by Gasteiger charge is -2.28. The molecule has 0 saturated heterocycles. The Hall–Kier alpha value is -15.6. The molecule has 14 aromatic rings. The molecule has 6 amide bonds. The summed E-state index contributed by atoms with van der Waals surface area (Å²) >= 11 is 1.64. The van der Waals surface area contributed by atoms with Gasteiger partial charge in [0.1, 0.15) is 68.7 Å². The molecule has 18 rings (SSSR count). The first-order chi connectivity index (χ1) is 70.1. The Kier molecular flexibility index (Phi) is 41.2. The standard InChI is InChI=1S/C21H25FN2O2.C20H16F2N2O2.C19H14F2N2O2.C19H22N2O2.C18H20N2O2.C17H20N2O2S/c1-15(17-7-3-2-4-8-17)24-21(25)18-10-11-20(23-13-18)26-14-16-6-5-9-19(22)12-16;1-13-6-8-18(17(22)10-13)24-20(25)14-7-9-19(23-11-14)26-12-15-4-2-3-5-16(15)21;20-15-5-3-4-13(10-15)12-25-18-9-8-14(11-22-18)19(24)23-17-7-2-1-6-16(17)21;22-19(21-17-9-5-2-6-10-17)16-11-12-18(20-13-16)23-14-15-7-3-1-4-8-15;1-13(15-7-8-15)20-18(21)16-9-10-17(19-11-16)22-12-14-5-3-2-4-6-14;20-17(19-15-4-2-1-3-5-15)14-6-7-16(18-10-14)21-11-13-8-9-22-12-13/h5-6,9-13,15,17H,2-4,7-8,14H2,1H3,(H,24,25);2-11H,12H2,1H3,(H,24,25);1-11H,12H2,(H,23,24);1,3-4,7-8,11-13,17H,2,5-6,9-10,14H2,(H,21,22);2-6,9-11,13,15H,7-8,12H2,1H3,(H,20,21);6-10,12,15H,1-5,11H2,(H,19,20)/t15-;;;;13-;/m1...1./s1. The molecule has 4 saturated carbocycles. The van der Waals surface area contributed by atoms with Crippen LogP contribution >= 0.6 is 11.3 Å². The summed E-state index contributed by atoms with van der Waals surface area (Å²) in [7, 11) is 0. The molecule has 24 nitrogen and oxygen atoms in total. The van der Waals surface area contributed by atoms with Crippen molar-refractivity contribution in [1.29, 1.82) is 0 Å². The van der Waals surface area contributed by atoms with Gasteiger partial charge >= 0.3 is 0 Å². The first-order valence-corrected chi connectivity index (χ1v) is 49.3. The molecule has 0 spiro atoms. The molecule has 7 aromatic heterocycles. The number of rotatable bonds is 32. The number of amides is 6. The second-order valence-electron chi connectivity index (χ2n) is 35.2. The highest BCUT2D eigenvalue weighted by Crippen LogP contribution is 2.33. The van der Waals surface area contributed by atoms with Crippen LogP contribution in [0.3, 0.4) is 0 Å². The Morgan fingerprint density at radius 1 is 0.312 bits per heavy atom. The summed E-state index contributed by atoms with van der Waals surface area (Å²) < 4.78 is 100. The lowest BCUT2D eigenvalue weighted by Crippen LogP contribution is -2.38. The smallest absolute Gasteiger partial charge is 0.257 e. The molecule has 2 atom stereocenters. The minimum atomic E-state index is -0.515. The molecule has 4 aliphatic carbocycles. The fraction of sp³-hybridized carbons (Fsp3) is 0.281. The second-order valence-corrected chi connectivity index (χ2v) is 36.0. The Morgan fingerprint density at radius 3 is 1.02 bits per heavy atom. The second kappa shape index (κ2) is 56.2. The number of nitrogens with one attached hydrogen (secondary N) is 6. The predicted molar refractivity (Wildman–Crippen MR) is 543 cm³/mol. The zero-order valence-electron chi connectivity index (χ0n) is 80.5. The number of benzene rings is 7. The first-order valence-electron chi connectivity index (χ1n) is 48.3. The third-order valence-corrected chi connectivity index (χ3v) is 24.8. The van der Waals surface area contributed by atoms with Crippen LogP contribution in [0.15, 0.2) is 303 Å². The third kappa shape index (κ3) is 35.9. The van der Waals surface area contributed by atoms with Crippen molar-refractivity contribution in [2.45, 2.75) is 194 Å². The number of hydrogen-bond acceptors (Lipinski definition) is 19. The SMILES string of the molecule is C[C@@H](NC(=O)c1ccc(OCc2cccc(F)c2)nc1)C1CCCCC1.C[C@@H](NC(=O)c1ccc(OCc2ccccc2)nc1)C1CC1.Cc1ccc(NC(=O)c2ccc(OCc3ccccc3F)nc2)c(F)c1.O=C(NC1CCCCC1)c1ccc(OCc2ccccc2)nc1.O=C(NC1CCCCC1)c1ccc(OCc2ccsc2)nc1.O=C(Nc1ccccc1F)c1ccc(OCc2cccc(F)c2)nc1. The summed E-state index contributed by atoms with van der Waals surface area (Å²) in [6, 6.07) is 71.9. The molecule has 7 heterocycles. The molecule has 0 radical (unpaired) electrons. The number of halogens is 5. The highest BCUT2D eigenvalue weighted by molar-refractivity contribution is 7.08. The van der Waals surface area contributed by atoms with Crippen molar-refractivity contribution < 1.29 is 79.1 Å². The van der Waals surface area contributed by atoms with Crippen molar-refractivity contribution in [3.05, 3.63) is 404 Å². The molecule has 0 aliphatic heterocycles. The fourth-order valence-corrected chi connectivity index (χ4v) is 16.3. The number of para-hydroxylation sites is 1. The maximum absolute atomic E-state index is 13.8. The van der Waals surface area contributed by atoms with Gasteiger partial charge in [-0.1, -0.05) is 179 Å². The van der Waals surface area contributed by atoms with E-state index < -0.39 is 23.4 Å². The van der Waals surface area contributed by atoms with Gasteiger partial charge in [-0.2, -0.15) is 11.3 Å². The van der Waals surface area contributed by atoms with Gasteiger partial charge in [0, 0.05) is 109 Å². The number of carbonyl (C=O) groups excluding carboxylic acids is 6. The normalized spacial score (nSPS) is 13.7. The highest BCUT2D eigenvalue weighted by Gasteiger charge is 2.30. The maximum Gasteiger partial charge on any atom is 0.257 e. The fourth-order valence-electron chi connectivity index (χ4n) is 15.7. The molecule has 7 aromatic carbocycles. The topological polar surface area (TPSA) is 307 Å². The van der Waals surface area contributed by atoms with Crippen molar-refractivity contribution in [2.24, 2.45) is 11.8 Å². The van der Waals surface area contributed by atoms with E-state index in [1.807, 2.05) is 77.5 Å². The van der Waals surface area contributed by atoms with E-state index in [-0.39, 0.29) is 101 Å². The molecular weight excluding hydrogens is 1860 g/mol. The minimum Gasteiger partial charge on any atom is -0.473 e. The van der Waals surface area contributed by atoms with Crippen LogP contribution in [0, 0.1) is 47.8 Å². The van der Waals surface area contributed by atoms with Crippen LogP contribution in [0.4, 0.5) is 33.3 Å². The van der Waals surface area contributed by atoms with Gasteiger partial charge in [0.15, 0.2) is 0 Å². The van der Waals surface area contributed by atoms with Gasteiger partial charge in [0.25, 0.3) is 35.4 Å². The van der Waals surface area contributed by atoms with Crippen molar-refractivity contribution in [1.82, 2.24) is 51.2 Å². The van der Waals surface area contributed by atoms with E-state index in [1.165, 1.54) is 187 Å². The maximum atomic E-state index is 13.8. The minimum absolute atomic E-state index is 0.0276. The van der Waals surface area contributed by atoms with E-state index in [1.54, 1.807) is 140 Å². The molecule has 30 heteroatoms. The molecule has 0 unspecified atom stereocenters. The van der Waals surface area contributed by atoms with Crippen LogP contribution in [0.5, 0.6) is 35.3 Å². The van der Waals surface area contributed by atoms with Crippen LogP contribution in [-0.2, 0) is 39.6 Å². The van der Waals surface area contributed by atoms with Crippen LogP contribution in [0.2, 0.25) is 0 Å². The summed E-state index contributed by atoms with van der Waals surface area (Å²) in [5.41, 5.74) is 8.86. The number of nitrogens with zero attached hydrogens (tertiary/aromatic N) is 6.